The Morgan fingerprint density at radius 2 is 1.92 bits per heavy atom. The van der Waals surface area contributed by atoms with Gasteiger partial charge in [-0.25, -0.2) is 4.98 Å². The Hall–Kier alpha value is -2.89. The molecule has 2 aromatic rings. The number of amides is 1. The van der Waals surface area contributed by atoms with E-state index in [1.54, 1.807) is 19.1 Å². The van der Waals surface area contributed by atoms with E-state index in [1.165, 1.54) is 7.11 Å². The van der Waals surface area contributed by atoms with Crippen LogP contribution in [0, 0.1) is 12.8 Å². The summed E-state index contributed by atoms with van der Waals surface area (Å²) in [5, 5.41) is 11.9. The molecule has 1 aromatic carbocycles. The van der Waals surface area contributed by atoms with E-state index >= 15 is 0 Å². The first-order valence-corrected chi connectivity index (χ1v) is 8.05. The van der Waals surface area contributed by atoms with Crippen molar-refractivity contribution < 1.29 is 19.4 Å². The maximum Gasteiger partial charge on any atom is 0.303 e. The van der Waals surface area contributed by atoms with Crippen molar-refractivity contribution in [3.8, 4) is 5.75 Å². The molecule has 0 saturated heterocycles. The quantitative estimate of drug-likeness (QED) is 0.769. The van der Waals surface area contributed by atoms with Crippen LogP contribution in [0.25, 0.3) is 0 Å². The van der Waals surface area contributed by atoms with Gasteiger partial charge in [-0.2, -0.15) is 0 Å². The monoisotopic (exact) mass is 342 g/mol. The van der Waals surface area contributed by atoms with E-state index < -0.39 is 5.97 Å². The van der Waals surface area contributed by atoms with Crippen LogP contribution in [-0.2, 0) is 11.2 Å². The first-order chi connectivity index (χ1) is 12.0. The molecule has 1 atom stereocenters. The third-order valence-corrected chi connectivity index (χ3v) is 3.81. The summed E-state index contributed by atoms with van der Waals surface area (Å²) in [6.07, 6.45) is 0.555. The van der Waals surface area contributed by atoms with Gasteiger partial charge in [0.05, 0.1) is 13.5 Å². The number of benzene rings is 1. The van der Waals surface area contributed by atoms with Crippen molar-refractivity contribution in [2.75, 3.05) is 13.7 Å². The molecule has 1 heterocycles. The summed E-state index contributed by atoms with van der Waals surface area (Å²) in [5.74, 6) is -1.08. The lowest BCUT2D eigenvalue weighted by Gasteiger charge is -2.16. The first kappa shape index (κ1) is 18.4. The predicted octanol–water partition coefficient (Wildman–Crippen LogP) is 2.46. The lowest BCUT2D eigenvalue weighted by atomic mass is 9.96. The number of ether oxygens (including phenoxy) is 1. The van der Waals surface area contributed by atoms with E-state index in [1.807, 2.05) is 30.3 Å². The highest BCUT2D eigenvalue weighted by Gasteiger charge is 2.18. The molecule has 0 saturated carbocycles. The minimum absolute atomic E-state index is 0.0203. The molecule has 0 aliphatic heterocycles. The Morgan fingerprint density at radius 1 is 1.20 bits per heavy atom. The van der Waals surface area contributed by atoms with Gasteiger partial charge >= 0.3 is 5.97 Å². The van der Waals surface area contributed by atoms with Gasteiger partial charge in [0.15, 0.2) is 5.69 Å². The normalized spacial score (nSPS) is 11.6. The number of methoxy groups -OCH3 is 1. The van der Waals surface area contributed by atoms with E-state index in [0.717, 1.165) is 5.56 Å². The molecule has 1 amide bonds. The van der Waals surface area contributed by atoms with Crippen molar-refractivity contribution in [3.05, 3.63) is 59.4 Å². The van der Waals surface area contributed by atoms with Crippen LogP contribution >= 0.6 is 0 Å². The summed E-state index contributed by atoms with van der Waals surface area (Å²) in [6, 6.07) is 13.1. The zero-order valence-corrected chi connectivity index (χ0v) is 14.4. The summed E-state index contributed by atoms with van der Waals surface area (Å²) in [7, 11) is 1.48. The van der Waals surface area contributed by atoms with Crippen molar-refractivity contribution in [1.82, 2.24) is 10.3 Å². The third kappa shape index (κ3) is 5.60. The van der Waals surface area contributed by atoms with E-state index in [-0.39, 0.29) is 30.5 Å². The van der Waals surface area contributed by atoms with E-state index in [9.17, 15) is 9.59 Å². The molecule has 6 heteroatoms. The van der Waals surface area contributed by atoms with Gasteiger partial charge in [0.2, 0.25) is 0 Å². The average molecular weight is 342 g/mol. The van der Waals surface area contributed by atoms with Crippen molar-refractivity contribution in [3.63, 3.8) is 0 Å². The van der Waals surface area contributed by atoms with Crippen LogP contribution in [0.5, 0.6) is 5.75 Å². The van der Waals surface area contributed by atoms with Crippen LogP contribution in [0.3, 0.4) is 0 Å². The molecule has 2 N–H and O–H groups in total. The van der Waals surface area contributed by atoms with E-state index in [0.29, 0.717) is 17.9 Å². The number of carbonyl (C=O) groups excluding carboxylic acids is 1. The highest BCUT2D eigenvalue weighted by molar-refractivity contribution is 5.95. The largest absolute Gasteiger partial charge is 0.494 e. The number of hydrogen-bond donors (Lipinski definition) is 2. The zero-order valence-electron chi connectivity index (χ0n) is 14.4. The molecular weight excluding hydrogens is 320 g/mol. The number of carboxylic acids is 1. The van der Waals surface area contributed by atoms with Crippen LogP contribution in [0.2, 0.25) is 0 Å². The Balaban J connectivity index is 2.05. The maximum absolute atomic E-state index is 12.4. The molecule has 1 aromatic heterocycles. The van der Waals surface area contributed by atoms with Crippen molar-refractivity contribution >= 4 is 11.9 Å². The van der Waals surface area contributed by atoms with Gasteiger partial charge in [-0.05, 0) is 37.0 Å². The second-order valence-electron chi connectivity index (χ2n) is 5.87. The molecule has 0 aliphatic carbocycles. The molecule has 132 valence electrons. The summed E-state index contributed by atoms with van der Waals surface area (Å²) >= 11 is 0. The van der Waals surface area contributed by atoms with Crippen molar-refractivity contribution in [2.24, 2.45) is 5.92 Å². The molecule has 0 radical (unpaired) electrons. The van der Waals surface area contributed by atoms with Gasteiger partial charge in [0, 0.05) is 12.2 Å². The molecule has 0 fully saturated rings. The number of aryl methyl sites for hydroxylation is 1. The molecular formula is C19H22N2O4. The molecule has 1 unspecified atom stereocenters. The molecule has 0 bridgehead atoms. The fourth-order valence-electron chi connectivity index (χ4n) is 2.60. The van der Waals surface area contributed by atoms with Crippen LogP contribution in [-0.4, -0.2) is 35.6 Å². The number of carboxylic acid groups (broad SMARTS) is 1. The van der Waals surface area contributed by atoms with Crippen molar-refractivity contribution in [1.29, 1.82) is 0 Å². The maximum atomic E-state index is 12.4. The number of nitrogens with zero attached hydrogens (tertiary/aromatic N) is 1. The number of pyridine rings is 1. The zero-order chi connectivity index (χ0) is 18.2. The number of aliphatic carboxylic acids is 1. The fraction of sp³-hybridized carbons (Fsp3) is 0.316. The average Bonchev–Trinajstić information content (AvgIpc) is 2.59. The SMILES string of the molecule is COc1ccc(C)nc1C(=O)NCC(CC(=O)O)Cc1ccccc1. The summed E-state index contributed by atoms with van der Waals surface area (Å²) in [5.41, 5.74) is 1.95. The minimum atomic E-state index is -0.888. The topological polar surface area (TPSA) is 88.5 Å². The molecule has 25 heavy (non-hydrogen) atoms. The van der Waals surface area contributed by atoms with Crippen LogP contribution in [0.1, 0.15) is 28.2 Å². The van der Waals surface area contributed by atoms with E-state index in [4.69, 9.17) is 9.84 Å². The third-order valence-electron chi connectivity index (χ3n) is 3.81. The standard InChI is InChI=1S/C19H22N2O4/c1-13-8-9-16(25-2)18(21-13)19(24)20-12-15(11-17(22)23)10-14-6-4-3-5-7-14/h3-9,15H,10-12H2,1-2H3,(H,20,24)(H,22,23). The van der Waals surface area contributed by atoms with Gasteiger partial charge in [0.1, 0.15) is 5.75 Å². The number of aromatic nitrogens is 1. The second-order valence-corrected chi connectivity index (χ2v) is 5.87. The number of carbonyl (C=O) groups is 2. The highest BCUT2D eigenvalue weighted by atomic mass is 16.5. The van der Waals surface area contributed by atoms with Crippen LogP contribution in [0.4, 0.5) is 0 Å². The predicted molar refractivity (Wildman–Crippen MR) is 93.7 cm³/mol. The lowest BCUT2D eigenvalue weighted by molar-refractivity contribution is -0.138. The van der Waals surface area contributed by atoms with Gasteiger partial charge in [-0.1, -0.05) is 30.3 Å². The van der Waals surface area contributed by atoms with Gasteiger partial charge in [-0.15, -0.1) is 0 Å². The number of hydrogen-bond acceptors (Lipinski definition) is 4. The summed E-state index contributed by atoms with van der Waals surface area (Å²) < 4.78 is 5.17. The first-order valence-electron chi connectivity index (χ1n) is 8.05. The van der Waals surface area contributed by atoms with Crippen LogP contribution < -0.4 is 10.1 Å². The van der Waals surface area contributed by atoms with E-state index in [2.05, 4.69) is 10.3 Å². The Morgan fingerprint density at radius 3 is 2.56 bits per heavy atom. The Labute approximate surface area is 146 Å². The summed E-state index contributed by atoms with van der Waals surface area (Å²) in [6.45, 7) is 2.04. The fourth-order valence-corrected chi connectivity index (χ4v) is 2.60. The highest BCUT2D eigenvalue weighted by Crippen LogP contribution is 2.17. The van der Waals surface area contributed by atoms with Gasteiger partial charge in [-0.3, -0.25) is 9.59 Å². The Bertz CT molecular complexity index is 731. The molecule has 0 spiro atoms. The Kier molecular flexibility index (Phi) is 6.51. The minimum Gasteiger partial charge on any atom is -0.494 e. The number of nitrogens with one attached hydrogen (secondary N) is 1. The molecule has 2 rings (SSSR count). The van der Waals surface area contributed by atoms with Gasteiger partial charge < -0.3 is 15.2 Å². The smallest absolute Gasteiger partial charge is 0.303 e. The van der Waals surface area contributed by atoms with Crippen LogP contribution in [0.15, 0.2) is 42.5 Å². The molecule has 6 nitrogen and oxygen atoms in total. The van der Waals surface area contributed by atoms with Gasteiger partial charge in [0.25, 0.3) is 5.91 Å². The number of rotatable bonds is 8. The second kappa shape index (κ2) is 8.82. The lowest BCUT2D eigenvalue weighted by Crippen LogP contribution is -2.32. The summed E-state index contributed by atoms with van der Waals surface area (Å²) in [4.78, 5) is 27.7. The van der Waals surface area contributed by atoms with Crippen molar-refractivity contribution in [2.45, 2.75) is 19.8 Å². The molecule has 0 aliphatic rings.